The minimum absolute atomic E-state index is 0.0996. The Morgan fingerprint density at radius 2 is 2.23 bits per heavy atom. The molecular formula is C16H21ClN4O. The Labute approximate surface area is 135 Å². The summed E-state index contributed by atoms with van der Waals surface area (Å²) in [4.78, 5) is 17.9. The molecule has 2 amide bonds. The molecule has 0 unspecified atom stereocenters. The topological polar surface area (TPSA) is 50.2 Å². The molecule has 0 radical (unpaired) electrons. The maximum absolute atomic E-state index is 12.1. The van der Waals surface area contributed by atoms with Gasteiger partial charge in [-0.25, -0.2) is 4.79 Å². The van der Waals surface area contributed by atoms with Gasteiger partial charge in [-0.05, 0) is 31.0 Å². The van der Waals surface area contributed by atoms with Gasteiger partial charge in [-0.2, -0.15) is 0 Å². The van der Waals surface area contributed by atoms with Gasteiger partial charge in [0.15, 0.2) is 0 Å². The van der Waals surface area contributed by atoms with E-state index in [1.165, 1.54) is 0 Å². The van der Waals surface area contributed by atoms with Gasteiger partial charge in [0.1, 0.15) is 0 Å². The van der Waals surface area contributed by atoms with Crippen molar-refractivity contribution < 1.29 is 4.79 Å². The predicted octanol–water partition coefficient (Wildman–Crippen LogP) is 2.77. The van der Waals surface area contributed by atoms with E-state index >= 15 is 0 Å². The van der Waals surface area contributed by atoms with E-state index in [9.17, 15) is 4.79 Å². The van der Waals surface area contributed by atoms with Crippen LogP contribution in [-0.4, -0.2) is 34.1 Å². The number of halogens is 1. The summed E-state index contributed by atoms with van der Waals surface area (Å²) in [5.74, 6) is 0. The average Bonchev–Trinajstić information content (AvgIpc) is 2.78. The third kappa shape index (κ3) is 4.49. The summed E-state index contributed by atoms with van der Waals surface area (Å²) in [5.41, 5.74) is 3.10. The lowest BCUT2D eigenvalue weighted by atomic mass is 10.2. The first-order valence-electron chi connectivity index (χ1n) is 7.17. The van der Waals surface area contributed by atoms with E-state index in [-0.39, 0.29) is 6.03 Å². The highest BCUT2D eigenvalue weighted by molar-refractivity contribution is 6.30. The summed E-state index contributed by atoms with van der Waals surface area (Å²) in [6.45, 7) is 3.05. The zero-order valence-corrected chi connectivity index (χ0v) is 13.9. The second-order valence-corrected chi connectivity index (χ2v) is 5.84. The van der Waals surface area contributed by atoms with Crippen molar-refractivity contribution in [2.24, 2.45) is 7.05 Å². The number of aromatic nitrogens is 2. The quantitative estimate of drug-likeness (QED) is 0.921. The number of rotatable bonds is 5. The van der Waals surface area contributed by atoms with Gasteiger partial charge in [-0.1, -0.05) is 17.7 Å². The Hall–Kier alpha value is -2.01. The molecule has 0 aromatic carbocycles. The molecule has 0 saturated carbocycles. The molecular weight excluding hydrogens is 300 g/mol. The van der Waals surface area contributed by atoms with E-state index in [1.54, 1.807) is 11.9 Å². The third-order valence-corrected chi connectivity index (χ3v) is 3.69. The Morgan fingerprint density at radius 3 is 2.82 bits per heavy atom. The molecule has 0 atom stereocenters. The molecule has 0 aliphatic heterocycles. The molecule has 6 heteroatoms. The lowest BCUT2D eigenvalue weighted by Gasteiger charge is -2.18. The lowest BCUT2D eigenvalue weighted by molar-refractivity contribution is 0.206. The highest BCUT2D eigenvalue weighted by Gasteiger charge is 2.11. The number of amides is 2. The highest BCUT2D eigenvalue weighted by Crippen LogP contribution is 2.14. The fraction of sp³-hybridized carbons (Fsp3) is 0.375. The molecule has 2 rings (SSSR count). The van der Waals surface area contributed by atoms with E-state index in [1.807, 2.05) is 49.1 Å². The Balaban J connectivity index is 1.79. The summed E-state index contributed by atoms with van der Waals surface area (Å²) < 4.78 is 1.92. The monoisotopic (exact) mass is 320 g/mol. The molecule has 0 aliphatic carbocycles. The maximum atomic E-state index is 12.1. The number of hydrogen-bond donors (Lipinski definition) is 1. The van der Waals surface area contributed by atoms with Crippen LogP contribution in [0.1, 0.15) is 17.0 Å². The van der Waals surface area contributed by atoms with Crippen molar-refractivity contribution in [3.63, 3.8) is 0 Å². The third-order valence-electron chi connectivity index (χ3n) is 3.48. The van der Waals surface area contributed by atoms with Crippen LogP contribution in [0.2, 0.25) is 5.02 Å². The molecule has 118 valence electrons. The van der Waals surface area contributed by atoms with E-state index in [2.05, 4.69) is 10.3 Å². The average molecular weight is 321 g/mol. The molecule has 0 saturated heterocycles. The zero-order valence-electron chi connectivity index (χ0n) is 13.1. The van der Waals surface area contributed by atoms with E-state index in [4.69, 9.17) is 11.6 Å². The van der Waals surface area contributed by atoms with Crippen LogP contribution in [0.15, 0.2) is 30.6 Å². The largest absolute Gasteiger partial charge is 0.351 e. The van der Waals surface area contributed by atoms with Crippen LogP contribution >= 0.6 is 11.6 Å². The molecule has 22 heavy (non-hydrogen) atoms. The fourth-order valence-corrected chi connectivity index (χ4v) is 2.41. The van der Waals surface area contributed by atoms with E-state index in [0.717, 1.165) is 23.4 Å². The van der Waals surface area contributed by atoms with Crippen molar-refractivity contribution in [2.45, 2.75) is 19.9 Å². The van der Waals surface area contributed by atoms with Gasteiger partial charge in [-0.3, -0.25) is 4.98 Å². The molecule has 2 aromatic rings. The Kier molecular flexibility index (Phi) is 5.44. The number of nitrogens with one attached hydrogen (secondary N) is 1. The van der Waals surface area contributed by atoms with Gasteiger partial charge in [0, 0.05) is 44.4 Å². The summed E-state index contributed by atoms with van der Waals surface area (Å²) in [6, 6.07) is 5.77. The van der Waals surface area contributed by atoms with Crippen LogP contribution in [0.5, 0.6) is 0 Å². The Bertz CT molecular complexity index is 636. The predicted molar refractivity (Wildman–Crippen MR) is 88.0 cm³/mol. The van der Waals surface area contributed by atoms with Crippen LogP contribution in [0.4, 0.5) is 4.79 Å². The summed E-state index contributed by atoms with van der Waals surface area (Å²) >= 11 is 5.95. The molecule has 0 spiro atoms. The minimum Gasteiger partial charge on any atom is -0.351 e. The summed E-state index contributed by atoms with van der Waals surface area (Å²) in [6.07, 6.45) is 4.44. The number of nitrogens with zero attached hydrogens (tertiary/aromatic N) is 3. The second kappa shape index (κ2) is 7.31. The maximum Gasteiger partial charge on any atom is 0.317 e. The lowest BCUT2D eigenvalue weighted by Crippen LogP contribution is -2.38. The first kappa shape index (κ1) is 16.4. The molecule has 1 N–H and O–H groups in total. The number of carbonyl (C=O) groups excluding carboxylic acids is 1. The Morgan fingerprint density at radius 1 is 1.45 bits per heavy atom. The van der Waals surface area contributed by atoms with Crippen molar-refractivity contribution in [2.75, 3.05) is 13.6 Å². The molecule has 0 bridgehead atoms. The molecule has 0 aliphatic rings. The van der Waals surface area contributed by atoms with Crippen molar-refractivity contribution >= 4 is 17.6 Å². The number of carbonyl (C=O) groups is 1. The van der Waals surface area contributed by atoms with Gasteiger partial charge in [0.05, 0.1) is 11.6 Å². The van der Waals surface area contributed by atoms with Gasteiger partial charge < -0.3 is 14.8 Å². The fourth-order valence-electron chi connectivity index (χ4n) is 2.13. The number of urea groups is 1. The smallest absolute Gasteiger partial charge is 0.317 e. The SMILES string of the molecule is Cc1ccc(CCNC(=O)N(C)Cc2cc(Cl)cn2C)cn1. The van der Waals surface area contributed by atoms with Gasteiger partial charge in [0.25, 0.3) is 0 Å². The second-order valence-electron chi connectivity index (χ2n) is 5.41. The van der Waals surface area contributed by atoms with Crippen LogP contribution in [0, 0.1) is 6.92 Å². The number of hydrogen-bond acceptors (Lipinski definition) is 2. The van der Waals surface area contributed by atoms with E-state index in [0.29, 0.717) is 18.1 Å². The normalized spacial score (nSPS) is 10.5. The summed E-state index contributed by atoms with van der Waals surface area (Å²) in [5, 5.41) is 3.59. The standard InChI is InChI=1S/C16H21ClN4O/c1-12-4-5-13(9-19-12)6-7-18-16(22)21(3)11-15-8-14(17)10-20(15)2/h4-5,8-10H,6-7,11H2,1-3H3,(H,18,22). The van der Waals surface area contributed by atoms with Crippen LogP contribution in [0.3, 0.4) is 0 Å². The van der Waals surface area contributed by atoms with Crippen LogP contribution < -0.4 is 5.32 Å². The van der Waals surface area contributed by atoms with Crippen molar-refractivity contribution in [1.82, 2.24) is 19.8 Å². The first-order valence-corrected chi connectivity index (χ1v) is 7.54. The number of aryl methyl sites for hydroxylation is 2. The highest BCUT2D eigenvalue weighted by atomic mass is 35.5. The zero-order chi connectivity index (χ0) is 16.1. The van der Waals surface area contributed by atoms with Crippen molar-refractivity contribution in [1.29, 1.82) is 0 Å². The van der Waals surface area contributed by atoms with Crippen molar-refractivity contribution in [3.8, 4) is 0 Å². The van der Waals surface area contributed by atoms with Gasteiger partial charge in [-0.15, -0.1) is 0 Å². The number of pyridine rings is 1. The summed E-state index contributed by atoms with van der Waals surface area (Å²) in [7, 11) is 3.68. The minimum atomic E-state index is -0.0996. The van der Waals surface area contributed by atoms with Gasteiger partial charge in [0.2, 0.25) is 0 Å². The first-order chi connectivity index (χ1) is 10.5. The molecule has 0 fully saturated rings. The molecule has 2 heterocycles. The van der Waals surface area contributed by atoms with Gasteiger partial charge >= 0.3 is 6.03 Å². The van der Waals surface area contributed by atoms with Crippen LogP contribution in [-0.2, 0) is 20.0 Å². The molecule has 2 aromatic heterocycles. The molecule has 5 nitrogen and oxygen atoms in total. The van der Waals surface area contributed by atoms with E-state index < -0.39 is 0 Å². The van der Waals surface area contributed by atoms with Crippen molar-refractivity contribution in [3.05, 3.63) is 52.6 Å². The van der Waals surface area contributed by atoms with Crippen LogP contribution in [0.25, 0.3) is 0 Å².